The lowest BCUT2D eigenvalue weighted by atomic mass is 10.1. The van der Waals surface area contributed by atoms with Gasteiger partial charge in [-0.1, -0.05) is 0 Å². The molecule has 0 fully saturated rings. The van der Waals surface area contributed by atoms with Gasteiger partial charge in [-0.2, -0.15) is 0 Å². The number of ether oxygens (including phenoxy) is 8. The summed E-state index contributed by atoms with van der Waals surface area (Å²) in [6.45, 7) is 4.00. The van der Waals surface area contributed by atoms with Gasteiger partial charge < -0.3 is 37.9 Å². The molecule has 0 radical (unpaired) electrons. The average molecular weight is 709 g/mol. The fourth-order valence-corrected chi connectivity index (χ4v) is 4.63. The summed E-state index contributed by atoms with van der Waals surface area (Å²) in [5, 5.41) is 0.0465. The Morgan fingerprint density at radius 2 is 0.720 bits per heavy atom. The van der Waals surface area contributed by atoms with Gasteiger partial charge in [0.25, 0.3) is 22.2 Å². The minimum Gasteiger partial charge on any atom is -0.466 e. The molecular formula is C32H40N2O16. The zero-order chi connectivity index (χ0) is 36.5. The molecule has 3 aromatic rings. The van der Waals surface area contributed by atoms with Crippen molar-refractivity contribution in [2.75, 3.05) is 79.3 Å². The first-order valence-electron chi connectivity index (χ1n) is 15.9. The molecule has 274 valence electrons. The highest BCUT2D eigenvalue weighted by Gasteiger charge is 2.19. The largest absolute Gasteiger partial charge is 0.466 e. The van der Waals surface area contributed by atoms with E-state index in [4.69, 9.17) is 28.4 Å². The van der Waals surface area contributed by atoms with Crippen LogP contribution in [-0.4, -0.2) is 112 Å². The molecule has 2 heterocycles. The normalized spacial score (nSPS) is 11.2. The Kier molecular flexibility index (Phi) is 16.4. The van der Waals surface area contributed by atoms with E-state index in [1.165, 1.54) is 12.1 Å². The Morgan fingerprint density at radius 3 is 1.04 bits per heavy atom. The highest BCUT2D eigenvalue weighted by atomic mass is 16.6. The fourth-order valence-electron chi connectivity index (χ4n) is 4.63. The van der Waals surface area contributed by atoms with E-state index >= 15 is 0 Å². The van der Waals surface area contributed by atoms with E-state index in [1.807, 2.05) is 0 Å². The molecule has 0 amide bonds. The Morgan fingerprint density at radius 1 is 0.440 bits per heavy atom. The SMILES string of the molecule is CCOC(=O)CC(=O)OCCOCCOCCn1c(=O)c2cc3c(=O)n(CCOCCOCCOC(=O)CC(=O)OCC)c(=O)c3cc2c1=O. The van der Waals surface area contributed by atoms with E-state index in [0.717, 1.165) is 9.13 Å². The second-order valence-corrected chi connectivity index (χ2v) is 10.3. The fraction of sp³-hybridized carbons (Fsp3) is 0.562. The first-order chi connectivity index (χ1) is 24.1. The van der Waals surface area contributed by atoms with E-state index in [2.05, 4.69) is 9.47 Å². The zero-order valence-electron chi connectivity index (χ0n) is 27.9. The number of fused-ring (bicyclic) bond motifs is 2. The zero-order valence-corrected chi connectivity index (χ0v) is 27.9. The van der Waals surface area contributed by atoms with Crippen molar-refractivity contribution >= 4 is 45.4 Å². The molecule has 0 aliphatic heterocycles. The first-order valence-corrected chi connectivity index (χ1v) is 15.9. The predicted molar refractivity (Wildman–Crippen MR) is 173 cm³/mol. The van der Waals surface area contributed by atoms with Crippen molar-refractivity contribution < 1.29 is 57.1 Å². The molecule has 0 aliphatic carbocycles. The third-order valence-corrected chi connectivity index (χ3v) is 6.89. The number of aromatic nitrogens is 2. The van der Waals surface area contributed by atoms with Crippen molar-refractivity contribution in [2.24, 2.45) is 0 Å². The second-order valence-electron chi connectivity index (χ2n) is 10.3. The van der Waals surface area contributed by atoms with Crippen LogP contribution in [0.25, 0.3) is 21.5 Å². The van der Waals surface area contributed by atoms with Crippen LogP contribution in [0.15, 0.2) is 31.3 Å². The minimum atomic E-state index is -0.726. The van der Waals surface area contributed by atoms with Gasteiger partial charge in [-0.05, 0) is 26.0 Å². The number of benzene rings is 1. The molecule has 1 aromatic carbocycles. The molecule has 0 unspecified atom stereocenters. The number of esters is 4. The summed E-state index contributed by atoms with van der Waals surface area (Å²) in [6, 6.07) is 2.52. The van der Waals surface area contributed by atoms with Crippen LogP contribution in [-0.2, 0) is 70.2 Å². The third-order valence-electron chi connectivity index (χ3n) is 6.89. The Balaban J connectivity index is 1.39. The van der Waals surface area contributed by atoms with Crippen LogP contribution in [0.2, 0.25) is 0 Å². The number of nitrogens with zero attached hydrogens (tertiary/aromatic N) is 2. The number of carbonyl (C=O) groups excluding carboxylic acids is 4. The minimum absolute atomic E-state index is 0.00429. The van der Waals surface area contributed by atoms with Crippen molar-refractivity contribution in [3.05, 3.63) is 53.5 Å². The maximum atomic E-state index is 13.0. The number of rotatable bonds is 24. The van der Waals surface area contributed by atoms with Gasteiger partial charge in [-0.25, -0.2) is 0 Å². The average Bonchev–Trinajstić information content (AvgIpc) is 3.45. The van der Waals surface area contributed by atoms with Crippen LogP contribution in [0.1, 0.15) is 26.7 Å². The lowest BCUT2D eigenvalue weighted by Crippen LogP contribution is -2.28. The van der Waals surface area contributed by atoms with Crippen LogP contribution in [0, 0.1) is 0 Å². The molecular weight excluding hydrogens is 668 g/mol. The Hall–Kier alpha value is -4.78. The van der Waals surface area contributed by atoms with Crippen molar-refractivity contribution in [1.82, 2.24) is 9.13 Å². The van der Waals surface area contributed by atoms with Crippen molar-refractivity contribution in [3.63, 3.8) is 0 Å². The van der Waals surface area contributed by atoms with Gasteiger partial charge >= 0.3 is 23.9 Å². The summed E-state index contributed by atoms with van der Waals surface area (Å²) in [7, 11) is 0. The maximum absolute atomic E-state index is 13.0. The standard InChI is InChI=1S/C32H40N2O16/c1-3-47-25(35)19-27(37)49-15-13-45-11-9-43-7-5-33-29(39)21-17-23-24(18-22(21)30(33)40)32(42)34(31(23)41)6-8-44-10-12-46-14-16-50-28(38)20-26(36)48-4-2/h17-18H,3-16,19-20H2,1-2H3. The quantitative estimate of drug-likeness (QED) is 0.0470. The van der Waals surface area contributed by atoms with Gasteiger partial charge in [0, 0.05) is 0 Å². The summed E-state index contributed by atoms with van der Waals surface area (Å²) in [6.07, 6.45) is -0.964. The van der Waals surface area contributed by atoms with Crippen molar-refractivity contribution in [3.8, 4) is 0 Å². The second kappa shape index (κ2) is 20.7. The topological polar surface area (TPSA) is 220 Å². The van der Waals surface area contributed by atoms with Gasteiger partial charge in [0.2, 0.25) is 0 Å². The molecule has 0 spiro atoms. The molecule has 0 aliphatic rings. The van der Waals surface area contributed by atoms with Gasteiger partial charge in [-0.3, -0.25) is 47.5 Å². The number of hydrogen-bond donors (Lipinski definition) is 0. The van der Waals surface area contributed by atoms with Gasteiger partial charge in [0.05, 0.1) is 101 Å². The lowest BCUT2D eigenvalue weighted by Gasteiger charge is -2.07. The Bertz CT molecular complexity index is 1610. The molecule has 18 nitrogen and oxygen atoms in total. The van der Waals surface area contributed by atoms with E-state index < -0.39 is 59.0 Å². The predicted octanol–water partition coefficient (Wildman–Crippen LogP) is -1.03. The molecule has 18 heteroatoms. The van der Waals surface area contributed by atoms with E-state index in [-0.39, 0.29) is 114 Å². The van der Waals surface area contributed by atoms with E-state index in [9.17, 15) is 38.4 Å². The monoisotopic (exact) mass is 708 g/mol. The van der Waals surface area contributed by atoms with Crippen molar-refractivity contribution in [1.29, 1.82) is 0 Å². The third kappa shape index (κ3) is 11.7. The summed E-state index contributed by atoms with van der Waals surface area (Å²) in [4.78, 5) is 97.3. The van der Waals surface area contributed by atoms with E-state index in [1.54, 1.807) is 13.8 Å². The molecule has 0 saturated heterocycles. The van der Waals surface area contributed by atoms with Crippen LogP contribution in [0.4, 0.5) is 0 Å². The van der Waals surface area contributed by atoms with Crippen LogP contribution in [0.3, 0.4) is 0 Å². The van der Waals surface area contributed by atoms with E-state index in [0.29, 0.717) is 0 Å². The smallest absolute Gasteiger partial charge is 0.317 e. The van der Waals surface area contributed by atoms with Crippen LogP contribution >= 0.6 is 0 Å². The van der Waals surface area contributed by atoms with Gasteiger partial charge in [0.15, 0.2) is 0 Å². The summed E-state index contributed by atoms with van der Waals surface area (Å²) < 4.78 is 42.4. The van der Waals surface area contributed by atoms with Gasteiger partial charge in [0.1, 0.15) is 26.1 Å². The van der Waals surface area contributed by atoms with Crippen molar-refractivity contribution in [2.45, 2.75) is 39.8 Å². The maximum Gasteiger partial charge on any atom is 0.317 e. The number of carbonyl (C=O) groups is 4. The lowest BCUT2D eigenvalue weighted by molar-refractivity contribution is -0.157. The molecule has 0 atom stereocenters. The Labute approximate surface area is 284 Å². The van der Waals surface area contributed by atoms with Crippen LogP contribution in [0.5, 0.6) is 0 Å². The highest BCUT2D eigenvalue weighted by molar-refractivity contribution is 5.98. The summed E-state index contributed by atoms with van der Waals surface area (Å²) >= 11 is 0. The molecule has 3 rings (SSSR count). The summed E-state index contributed by atoms with van der Waals surface area (Å²) in [5.41, 5.74) is -2.47. The summed E-state index contributed by atoms with van der Waals surface area (Å²) in [5.74, 6) is -2.80. The highest BCUT2D eigenvalue weighted by Crippen LogP contribution is 2.14. The van der Waals surface area contributed by atoms with Crippen LogP contribution < -0.4 is 22.2 Å². The molecule has 0 N–H and O–H groups in total. The number of hydrogen-bond acceptors (Lipinski definition) is 16. The first kappa shape index (κ1) is 39.7. The molecule has 0 bridgehead atoms. The van der Waals surface area contributed by atoms with Gasteiger partial charge in [-0.15, -0.1) is 0 Å². The molecule has 0 saturated carbocycles. The molecule has 50 heavy (non-hydrogen) atoms. The molecule has 2 aromatic heterocycles.